The van der Waals surface area contributed by atoms with Gasteiger partial charge in [0, 0.05) is 29.5 Å². The topological polar surface area (TPSA) is 88.0 Å². The van der Waals surface area contributed by atoms with Crippen molar-refractivity contribution in [2.24, 2.45) is 5.16 Å². The molecule has 1 aliphatic carbocycles. The summed E-state index contributed by atoms with van der Waals surface area (Å²) in [7, 11) is 4.74. The molecule has 1 unspecified atom stereocenters. The maximum Gasteiger partial charge on any atom is 0.231 e. The summed E-state index contributed by atoms with van der Waals surface area (Å²) in [4.78, 5) is 0. The van der Waals surface area contributed by atoms with Crippen LogP contribution in [0.2, 0.25) is 0 Å². The van der Waals surface area contributed by atoms with Crippen molar-refractivity contribution in [1.82, 2.24) is 0 Å². The van der Waals surface area contributed by atoms with E-state index in [4.69, 9.17) is 28.4 Å². The Morgan fingerprint density at radius 2 is 1.61 bits per heavy atom. The van der Waals surface area contributed by atoms with Gasteiger partial charge in [-0.2, -0.15) is 0 Å². The van der Waals surface area contributed by atoms with Crippen LogP contribution in [-0.2, 0) is 0 Å². The van der Waals surface area contributed by atoms with E-state index < -0.39 is 0 Å². The SMILES string of the molecule is COc1cc(C2C3=C(CCC/C3=N\O)Oc3cc4c(cc32)OCO4)cc(OC)c1OC. The summed E-state index contributed by atoms with van der Waals surface area (Å²) in [6.07, 6.45) is 2.27. The summed E-state index contributed by atoms with van der Waals surface area (Å²) in [5.41, 5.74) is 3.26. The minimum atomic E-state index is -0.270. The molecule has 0 aromatic heterocycles. The van der Waals surface area contributed by atoms with Crippen molar-refractivity contribution < 1.29 is 33.6 Å². The molecular formula is C23H23NO7. The van der Waals surface area contributed by atoms with Gasteiger partial charge in [-0.25, -0.2) is 0 Å². The molecule has 0 radical (unpaired) electrons. The minimum absolute atomic E-state index is 0.170. The maximum absolute atomic E-state index is 9.77. The van der Waals surface area contributed by atoms with Crippen LogP contribution in [0.4, 0.5) is 0 Å². The zero-order valence-corrected chi connectivity index (χ0v) is 17.6. The van der Waals surface area contributed by atoms with E-state index in [9.17, 15) is 5.21 Å². The Labute approximate surface area is 179 Å². The lowest BCUT2D eigenvalue weighted by atomic mass is 9.76. The Morgan fingerprint density at radius 3 is 2.26 bits per heavy atom. The third-order valence-corrected chi connectivity index (χ3v) is 5.91. The molecule has 0 fully saturated rings. The van der Waals surface area contributed by atoms with Crippen LogP contribution in [0, 0.1) is 0 Å². The minimum Gasteiger partial charge on any atom is -0.493 e. The highest BCUT2D eigenvalue weighted by atomic mass is 16.7. The van der Waals surface area contributed by atoms with Crippen LogP contribution in [0.15, 0.2) is 40.8 Å². The highest BCUT2D eigenvalue weighted by Crippen LogP contribution is 2.52. The summed E-state index contributed by atoms with van der Waals surface area (Å²) in [5.74, 6) is 4.14. The molecule has 0 spiro atoms. The number of oxime groups is 1. The van der Waals surface area contributed by atoms with Gasteiger partial charge >= 0.3 is 0 Å². The molecular weight excluding hydrogens is 402 g/mol. The van der Waals surface area contributed by atoms with Crippen LogP contribution in [0.1, 0.15) is 36.3 Å². The number of hydrogen-bond acceptors (Lipinski definition) is 8. The fourth-order valence-electron chi connectivity index (χ4n) is 4.54. The predicted molar refractivity (Wildman–Crippen MR) is 111 cm³/mol. The van der Waals surface area contributed by atoms with E-state index in [1.54, 1.807) is 21.3 Å². The van der Waals surface area contributed by atoms with Crippen molar-refractivity contribution in [3.63, 3.8) is 0 Å². The first-order valence-corrected chi connectivity index (χ1v) is 10.0. The number of nitrogens with zero attached hydrogens (tertiary/aromatic N) is 1. The van der Waals surface area contributed by atoms with Gasteiger partial charge in [-0.15, -0.1) is 0 Å². The summed E-state index contributed by atoms with van der Waals surface area (Å²) in [6, 6.07) is 7.62. The predicted octanol–water partition coefficient (Wildman–Crippen LogP) is 4.23. The van der Waals surface area contributed by atoms with Crippen molar-refractivity contribution in [2.45, 2.75) is 25.2 Å². The highest BCUT2D eigenvalue weighted by Gasteiger charge is 2.38. The van der Waals surface area contributed by atoms with Gasteiger partial charge in [-0.1, -0.05) is 5.16 Å². The molecule has 2 aromatic rings. The zero-order chi connectivity index (χ0) is 21.5. The number of methoxy groups -OCH3 is 3. The van der Waals surface area contributed by atoms with Crippen LogP contribution >= 0.6 is 0 Å². The fraction of sp³-hybridized carbons (Fsp3) is 0.348. The van der Waals surface area contributed by atoms with Gasteiger partial charge in [0.1, 0.15) is 11.5 Å². The standard InChI is InChI=1S/C23H23NO7/c1-26-19-7-12(8-20(27-2)23(19)28-3)21-13-9-17-18(30-11-29-17)10-16(13)31-15-6-4-5-14(24-25)22(15)21/h7-10,21,25H,4-6,11H2,1-3H3/b24-14+. The number of ether oxygens (including phenoxy) is 6. The molecule has 0 bridgehead atoms. The average Bonchev–Trinajstić information content (AvgIpc) is 3.26. The van der Waals surface area contributed by atoms with Gasteiger partial charge in [-0.3, -0.25) is 0 Å². The van der Waals surface area contributed by atoms with E-state index in [0.717, 1.165) is 35.3 Å². The first kappa shape index (κ1) is 19.4. The molecule has 8 nitrogen and oxygen atoms in total. The number of allylic oxidation sites excluding steroid dienone is 2. The molecule has 31 heavy (non-hydrogen) atoms. The molecule has 5 rings (SSSR count). The lowest BCUT2D eigenvalue weighted by molar-refractivity contribution is 0.174. The van der Waals surface area contributed by atoms with Gasteiger partial charge in [0.15, 0.2) is 23.0 Å². The highest BCUT2D eigenvalue weighted by molar-refractivity contribution is 6.03. The Balaban J connectivity index is 1.76. The van der Waals surface area contributed by atoms with E-state index in [-0.39, 0.29) is 12.7 Å². The molecule has 0 saturated carbocycles. The summed E-state index contributed by atoms with van der Waals surface area (Å²) in [5, 5.41) is 13.4. The lowest BCUT2D eigenvalue weighted by Gasteiger charge is -2.34. The first-order valence-electron chi connectivity index (χ1n) is 10.0. The smallest absolute Gasteiger partial charge is 0.231 e. The second kappa shape index (κ2) is 7.61. The molecule has 2 aliphatic heterocycles. The van der Waals surface area contributed by atoms with Crippen molar-refractivity contribution in [3.8, 4) is 34.5 Å². The number of fused-ring (bicyclic) bond motifs is 2. The van der Waals surface area contributed by atoms with E-state index in [1.807, 2.05) is 24.3 Å². The van der Waals surface area contributed by atoms with Crippen LogP contribution < -0.4 is 28.4 Å². The molecule has 1 atom stereocenters. The van der Waals surface area contributed by atoms with Gasteiger partial charge in [0.2, 0.25) is 12.5 Å². The monoisotopic (exact) mass is 425 g/mol. The fourth-order valence-corrected chi connectivity index (χ4v) is 4.54. The second-order valence-corrected chi connectivity index (χ2v) is 7.47. The first-order chi connectivity index (χ1) is 15.2. The van der Waals surface area contributed by atoms with Crippen LogP contribution in [0.3, 0.4) is 0 Å². The molecule has 3 aliphatic rings. The number of rotatable bonds is 4. The van der Waals surface area contributed by atoms with Crippen molar-refractivity contribution >= 4 is 5.71 Å². The normalized spacial score (nSPS) is 20.1. The van der Waals surface area contributed by atoms with Crippen molar-refractivity contribution in [3.05, 3.63) is 46.7 Å². The van der Waals surface area contributed by atoms with Crippen LogP contribution in [0.25, 0.3) is 0 Å². The molecule has 2 aromatic carbocycles. The molecule has 0 saturated heterocycles. The molecule has 162 valence electrons. The number of benzene rings is 2. The van der Waals surface area contributed by atoms with Crippen molar-refractivity contribution in [2.75, 3.05) is 28.1 Å². The lowest BCUT2D eigenvalue weighted by Crippen LogP contribution is -2.25. The van der Waals surface area contributed by atoms with Crippen LogP contribution in [-0.4, -0.2) is 39.0 Å². The Kier molecular flexibility index (Phi) is 4.77. The Hall–Kier alpha value is -3.55. The third kappa shape index (κ3) is 3.01. The third-order valence-electron chi connectivity index (χ3n) is 5.91. The Morgan fingerprint density at radius 1 is 0.903 bits per heavy atom. The van der Waals surface area contributed by atoms with E-state index >= 15 is 0 Å². The zero-order valence-electron chi connectivity index (χ0n) is 17.6. The summed E-state index contributed by atoms with van der Waals surface area (Å²) >= 11 is 0. The van der Waals surface area contributed by atoms with Gasteiger partial charge in [-0.05, 0) is 36.6 Å². The Bertz CT molecular complexity index is 1080. The van der Waals surface area contributed by atoms with Gasteiger partial charge in [0.25, 0.3) is 0 Å². The molecule has 2 heterocycles. The largest absolute Gasteiger partial charge is 0.493 e. The molecule has 0 amide bonds. The van der Waals surface area contributed by atoms with Gasteiger partial charge in [0.05, 0.1) is 27.0 Å². The summed E-state index contributed by atoms with van der Waals surface area (Å²) < 4.78 is 34.1. The molecule has 8 heteroatoms. The summed E-state index contributed by atoms with van der Waals surface area (Å²) in [6.45, 7) is 0.170. The average molecular weight is 425 g/mol. The van der Waals surface area contributed by atoms with E-state index in [2.05, 4.69) is 5.16 Å². The van der Waals surface area contributed by atoms with E-state index in [0.29, 0.717) is 46.6 Å². The van der Waals surface area contributed by atoms with Crippen LogP contribution in [0.5, 0.6) is 34.5 Å². The second-order valence-electron chi connectivity index (χ2n) is 7.47. The van der Waals surface area contributed by atoms with E-state index in [1.165, 1.54) is 0 Å². The molecule has 1 N–H and O–H groups in total. The quantitative estimate of drug-likeness (QED) is 0.579. The number of hydrogen-bond donors (Lipinski definition) is 1. The maximum atomic E-state index is 9.77. The van der Waals surface area contributed by atoms with Crippen molar-refractivity contribution in [1.29, 1.82) is 0 Å². The van der Waals surface area contributed by atoms with Gasteiger partial charge < -0.3 is 33.6 Å².